The SMILES string of the molecule is c1csc(CN(c2nc(CNC3CC3)co2)C2CC2)c1. The first-order valence-corrected chi connectivity index (χ1v) is 8.23. The number of thiophene rings is 1. The molecule has 2 aromatic heterocycles. The maximum absolute atomic E-state index is 5.71. The van der Waals surface area contributed by atoms with Crippen molar-refractivity contribution >= 4 is 17.4 Å². The molecule has 0 atom stereocenters. The van der Waals surface area contributed by atoms with E-state index in [2.05, 4.69) is 32.7 Å². The average Bonchev–Trinajstić information content (AvgIpc) is 3.37. The van der Waals surface area contributed by atoms with E-state index in [1.165, 1.54) is 30.6 Å². The fourth-order valence-electron chi connectivity index (χ4n) is 2.36. The summed E-state index contributed by atoms with van der Waals surface area (Å²) in [5.41, 5.74) is 1.02. The van der Waals surface area contributed by atoms with Gasteiger partial charge in [0, 0.05) is 23.5 Å². The quantitative estimate of drug-likeness (QED) is 0.850. The van der Waals surface area contributed by atoms with Crippen LogP contribution in [-0.4, -0.2) is 17.1 Å². The predicted octanol–water partition coefficient (Wildman–Crippen LogP) is 3.16. The van der Waals surface area contributed by atoms with Crippen LogP contribution in [0.3, 0.4) is 0 Å². The molecule has 2 heterocycles. The molecular weight excluding hydrogens is 270 g/mol. The minimum Gasteiger partial charge on any atom is -0.432 e. The number of oxazole rings is 1. The van der Waals surface area contributed by atoms with Crippen LogP contribution in [0.1, 0.15) is 36.3 Å². The molecule has 4 rings (SSSR count). The summed E-state index contributed by atoms with van der Waals surface area (Å²) in [4.78, 5) is 8.33. The summed E-state index contributed by atoms with van der Waals surface area (Å²) in [6, 6.07) is 6.39. The Hall–Kier alpha value is -1.33. The number of rotatable bonds is 7. The first kappa shape index (κ1) is 12.4. The highest BCUT2D eigenvalue weighted by Crippen LogP contribution is 2.33. The number of anilines is 1. The molecule has 0 amide bonds. The average molecular weight is 289 g/mol. The second kappa shape index (κ2) is 5.22. The Balaban J connectivity index is 1.45. The highest BCUT2D eigenvalue weighted by Gasteiger charge is 2.32. The maximum Gasteiger partial charge on any atom is 0.298 e. The molecule has 2 aliphatic rings. The van der Waals surface area contributed by atoms with Crippen molar-refractivity contribution in [2.45, 2.75) is 50.9 Å². The first-order chi connectivity index (χ1) is 9.88. The Morgan fingerprint density at radius 1 is 1.35 bits per heavy atom. The van der Waals surface area contributed by atoms with Crippen LogP contribution in [0, 0.1) is 0 Å². The summed E-state index contributed by atoms with van der Waals surface area (Å²) >= 11 is 1.80. The topological polar surface area (TPSA) is 41.3 Å². The summed E-state index contributed by atoms with van der Waals surface area (Å²) < 4.78 is 5.71. The van der Waals surface area contributed by atoms with Gasteiger partial charge in [-0.1, -0.05) is 6.07 Å². The fourth-order valence-corrected chi connectivity index (χ4v) is 3.06. The lowest BCUT2D eigenvalue weighted by Crippen LogP contribution is -2.25. The van der Waals surface area contributed by atoms with Crippen LogP contribution in [0.5, 0.6) is 0 Å². The molecule has 106 valence electrons. The van der Waals surface area contributed by atoms with Crippen molar-refractivity contribution in [3.8, 4) is 0 Å². The van der Waals surface area contributed by atoms with E-state index in [9.17, 15) is 0 Å². The van der Waals surface area contributed by atoms with Gasteiger partial charge in [-0.25, -0.2) is 0 Å². The minimum atomic E-state index is 0.611. The number of nitrogens with zero attached hydrogens (tertiary/aromatic N) is 2. The summed E-state index contributed by atoms with van der Waals surface area (Å²) in [7, 11) is 0. The van der Waals surface area contributed by atoms with Gasteiger partial charge in [0.25, 0.3) is 6.01 Å². The van der Waals surface area contributed by atoms with E-state index < -0.39 is 0 Å². The zero-order valence-electron chi connectivity index (χ0n) is 11.4. The monoisotopic (exact) mass is 289 g/mol. The van der Waals surface area contributed by atoms with Gasteiger partial charge in [0.2, 0.25) is 0 Å². The summed E-state index contributed by atoms with van der Waals surface area (Å²) in [6.07, 6.45) is 6.91. The van der Waals surface area contributed by atoms with E-state index >= 15 is 0 Å². The fraction of sp³-hybridized carbons (Fsp3) is 0.533. The van der Waals surface area contributed by atoms with E-state index in [-0.39, 0.29) is 0 Å². The van der Waals surface area contributed by atoms with Gasteiger partial charge in [0.1, 0.15) is 6.26 Å². The molecule has 0 unspecified atom stereocenters. The Morgan fingerprint density at radius 3 is 2.95 bits per heavy atom. The Bertz CT molecular complexity index is 557. The second-order valence-electron chi connectivity index (χ2n) is 5.72. The molecule has 2 fully saturated rings. The highest BCUT2D eigenvalue weighted by molar-refractivity contribution is 7.09. The second-order valence-corrected chi connectivity index (χ2v) is 6.75. The van der Waals surface area contributed by atoms with Gasteiger partial charge in [0.05, 0.1) is 12.2 Å². The third-order valence-corrected chi connectivity index (χ3v) is 4.69. The molecule has 0 spiro atoms. The molecular formula is C15H19N3OS. The number of hydrogen-bond donors (Lipinski definition) is 1. The molecule has 4 nitrogen and oxygen atoms in total. The number of nitrogens with one attached hydrogen (secondary N) is 1. The lowest BCUT2D eigenvalue weighted by Gasteiger charge is -2.18. The minimum absolute atomic E-state index is 0.611. The van der Waals surface area contributed by atoms with Crippen LogP contribution in [-0.2, 0) is 13.1 Å². The largest absolute Gasteiger partial charge is 0.432 e. The molecule has 0 saturated heterocycles. The van der Waals surface area contributed by atoms with Crippen molar-refractivity contribution in [3.05, 3.63) is 34.3 Å². The lowest BCUT2D eigenvalue weighted by molar-refractivity contribution is 0.528. The zero-order chi connectivity index (χ0) is 13.4. The van der Waals surface area contributed by atoms with Gasteiger partial charge in [-0.15, -0.1) is 11.3 Å². The van der Waals surface area contributed by atoms with E-state index in [1.54, 1.807) is 17.6 Å². The van der Waals surface area contributed by atoms with E-state index in [1.807, 2.05) is 0 Å². The van der Waals surface area contributed by atoms with Gasteiger partial charge in [-0.3, -0.25) is 0 Å². The Kier molecular flexibility index (Phi) is 3.24. The maximum atomic E-state index is 5.71. The third-order valence-electron chi connectivity index (χ3n) is 3.83. The number of aromatic nitrogens is 1. The Morgan fingerprint density at radius 2 is 2.25 bits per heavy atom. The predicted molar refractivity (Wildman–Crippen MR) is 79.9 cm³/mol. The van der Waals surface area contributed by atoms with Crippen molar-refractivity contribution in [3.63, 3.8) is 0 Å². The van der Waals surface area contributed by atoms with Crippen LogP contribution in [0.4, 0.5) is 6.01 Å². The van der Waals surface area contributed by atoms with Crippen LogP contribution >= 0.6 is 11.3 Å². The highest BCUT2D eigenvalue weighted by atomic mass is 32.1. The summed E-state index contributed by atoms with van der Waals surface area (Å²) in [5.74, 6) is 0. The van der Waals surface area contributed by atoms with Gasteiger partial charge in [-0.05, 0) is 37.1 Å². The summed E-state index contributed by atoms with van der Waals surface area (Å²) in [5, 5.41) is 5.60. The molecule has 0 aromatic carbocycles. The van der Waals surface area contributed by atoms with Crippen LogP contribution in [0.15, 0.2) is 28.2 Å². The van der Waals surface area contributed by atoms with E-state index in [0.29, 0.717) is 12.1 Å². The van der Waals surface area contributed by atoms with E-state index in [4.69, 9.17) is 4.42 Å². The van der Waals surface area contributed by atoms with Crippen molar-refractivity contribution in [2.75, 3.05) is 4.90 Å². The Labute approximate surface area is 122 Å². The molecule has 5 heteroatoms. The summed E-state index contributed by atoms with van der Waals surface area (Å²) in [6.45, 7) is 1.74. The van der Waals surface area contributed by atoms with Gasteiger partial charge < -0.3 is 14.6 Å². The molecule has 20 heavy (non-hydrogen) atoms. The van der Waals surface area contributed by atoms with E-state index in [0.717, 1.165) is 24.8 Å². The number of hydrogen-bond acceptors (Lipinski definition) is 5. The van der Waals surface area contributed by atoms with Crippen molar-refractivity contribution in [2.24, 2.45) is 0 Å². The van der Waals surface area contributed by atoms with Crippen LogP contribution < -0.4 is 10.2 Å². The third kappa shape index (κ3) is 2.88. The van der Waals surface area contributed by atoms with Crippen LogP contribution in [0.25, 0.3) is 0 Å². The molecule has 2 aliphatic carbocycles. The van der Waals surface area contributed by atoms with Gasteiger partial charge in [-0.2, -0.15) is 4.98 Å². The molecule has 2 aromatic rings. The zero-order valence-corrected chi connectivity index (χ0v) is 12.2. The van der Waals surface area contributed by atoms with Crippen molar-refractivity contribution in [1.82, 2.24) is 10.3 Å². The van der Waals surface area contributed by atoms with Crippen molar-refractivity contribution in [1.29, 1.82) is 0 Å². The lowest BCUT2D eigenvalue weighted by atomic mass is 10.4. The van der Waals surface area contributed by atoms with Crippen LogP contribution in [0.2, 0.25) is 0 Å². The van der Waals surface area contributed by atoms with Crippen molar-refractivity contribution < 1.29 is 4.42 Å². The first-order valence-electron chi connectivity index (χ1n) is 7.35. The smallest absolute Gasteiger partial charge is 0.298 e. The molecule has 1 N–H and O–H groups in total. The standard InChI is InChI=1S/C15H19N3OS/c1-2-14(20-7-1)9-18(13-5-6-13)15-17-12(10-19-15)8-16-11-3-4-11/h1-2,7,10-11,13,16H,3-6,8-9H2. The molecule has 0 radical (unpaired) electrons. The normalized spacial score (nSPS) is 18.4. The van der Waals surface area contributed by atoms with Gasteiger partial charge in [0.15, 0.2) is 0 Å². The molecule has 0 aliphatic heterocycles. The van der Waals surface area contributed by atoms with Gasteiger partial charge >= 0.3 is 0 Å². The molecule has 0 bridgehead atoms. The molecule has 2 saturated carbocycles.